The van der Waals surface area contributed by atoms with Crippen LogP contribution in [0.2, 0.25) is 0 Å². The Bertz CT molecular complexity index is 4410. The summed E-state index contributed by atoms with van der Waals surface area (Å²) in [6.45, 7) is 0.331. The molecular formula is C72H96N4+4. The van der Waals surface area contributed by atoms with Gasteiger partial charge in [-0.15, -0.1) is 0 Å². The molecule has 0 aliphatic carbocycles. The summed E-state index contributed by atoms with van der Waals surface area (Å²) in [5, 5.41) is 0. The first-order valence-corrected chi connectivity index (χ1v) is 25.1. The summed E-state index contributed by atoms with van der Waals surface area (Å²) in [6, 6.07) is 27.4. The molecule has 0 aliphatic heterocycles. The SMILES string of the molecule is [2H]C([2H])([2H])Cc1ccc(-c2c(C)cc(C([2H])([2H])[2H])c[n+]2C)c(C)c1.[2H]C([2H])([2H])c1cc(C)c(-c2ccc(C([2H])(C)C([2H])([2H])[2H])cc2C)[n+](C)c1.[2H]C([2H])([2H])c1cc(C)c(-c2ccc(C([2H])([2H])C([2H])(C)C([2H])([2H])[2H])cc2C)[n+](C)c1.[2H]C([2H])([2H])c1ccc(-c2cc(C)c(C([2H])(C)C([2H])([2H])[2H])c[n+]2C)c(C)c1. The van der Waals surface area contributed by atoms with Crippen LogP contribution < -0.4 is 18.3 Å². The molecule has 4 aromatic carbocycles. The van der Waals surface area contributed by atoms with Gasteiger partial charge in [-0.1, -0.05) is 102 Å². The van der Waals surface area contributed by atoms with Gasteiger partial charge in [-0.25, -0.2) is 18.3 Å². The zero-order valence-electron chi connectivity index (χ0n) is 76.0. The highest BCUT2D eigenvalue weighted by Crippen LogP contribution is 2.30. The predicted molar refractivity (Wildman–Crippen MR) is 325 cm³/mol. The van der Waals surface area contributed by atoms with Crippen molar-refractivity contribution in [1.82, 2.24) is 0 Å². The molecule has 8 rings (SSSR count). The van der Waals surface area contributed by atoms with Gasteiger partial charge in [0, 0.05) is 107 Å². The van der Waals surface area contributed by atoms with E-state index in [1.165, 1.54) is 19.9 Å². The summed E-state index contributed by atoms with van der Waals surface area (Å²) in [5.74, 6) is -5.73. The van der Waals surface area contributed by atoms with Crippen LogP contribution in [0.3, 0.4) is 0 Å². The molecule has 4 nitrogen and oxygen atoms in total. The standard InChI is InChI=1S/C19H26N.2C18H24N.C17H22N/c1-13(2)9-17-7-8-18(15(4)11-17)19-16(5)10-14(3)12-20(19)6;1-12(2)16-7-8-17(14(4)10-16)18-15(5)9-13(3)11-19(18)6;1-12(2)17-11-19(6)18(10-15(17)5)16-8-7-13(3)9-14(16)4;1-6-15-7-8-16(13(3)10-15)17-14(4)9-12(2)11-18(17)5/h7-8,10-13H,9H2,1-6H3;2*7-12H,1-6H3;7-11H,6H2,1-5H3/q4*+1/i1D3,3D3,9D2,13D;2*1D3,3D3,12D;1D3,2D3. The molecule has 0 spiro atoms. The molecule has 76 heavy (non-hydrogen) atoms. The minimum atomic E-state index is -2.79. The summed E-state index contributed by atoms with van der Waals surface area (Å²) >= 11 is 0. The van der Waals surface area contributed by atoms with Crippen LogP contribution in [0, 0.1) is 88.7 Å². The number of rotatable bonds is 9. The Hall–Kier alpha value is -6.52. The van der Waals surface area contributed by atoms with Crippen LogP contribution in [0.5, 0.6) is 0 Å². The lowest BCUT2D eigenvalue weighted by atomic mass is 9.94. The first-order valence-electron chi connectivity index (χ1n) is 39.6. The first-order chi connectivity index (χ1) is 47.1. The number of benzene rings is 4. The highest BCUT2D eigenvalue weighted by Gasteiger charge is 2.21. The molecule has 0 saturated heterocycles. The average Bonchev–Trinajstić information content (AvgIpc) is 0.757. The van der Waals surface area contributed by atoms with Crippen molar-refractivity contribution in [2.75, 3.05) is 0 Å². The van der Waals surface area contributed by atoms with Crippen molar-refractivity contribution >= 4 is 0 Å². The summed E-state index contributed by atoms with van der Waals surface area (Å²) in [7, 11) is 7.17. The lowest BCUT2D eigenvalue weighted by Gasteiger charge is -2.11. The zero-order valence-corrected chi connectivity index (χ0v) is 47.0. The molecule has 4 aromatic heterocycles. The monoisotopic (exact) mass is 1050 g/mol. The van der Waals surface area contributed by atoms with Gasteiger partial charge in [-0.2, -0.15) is 0 Å². The Morgan fingerprint density at radius 3 is 1.30 bits per heavy atom. The van der Waals surface area contributed by atoms with E-state index in [1.54, 1.807) is 140 Å². The fraction of sp³-hybridized carbons (Fsp3) is 0.389. The lowest BCUT2D eigenvalue weighted by molar-refractivity contribution is -0.661. The Morgan fingerprint density at radius 2 is 0.868 bits per heavy atom. The van der Waals surface area contributed by atoms with Crippen LogP contribution in [-0.2, 0) is 41.0 Å². The summed E-state index contributed by atoms with van der Waals surface area (Å²) in [6.07, 6.45) is 4.10. The lowest BCUT2D eigenvalue weighted by Crippen LogP contribution is -2.32. The topological polar surface area (TPSA) is 15.5 Å². The van der Waals surface area contributed by atoms with Gasteiger partial charge in [-0.05, 0) is 200 Å². The number of hydrogen-bond donors (Lipinski definition) is 0. The van der Waals surface area contributed by atoms with Crippen molar-refractivity contribution in [3.63, 3.8) is 0 Å². The molecule has 3 unspecified atom stereocenters. The van der Waals surface area contributed by atoms with Gasteiger partial charge in [-0.3, -0.25) is 0 Å². The molecule has 0 radical (unpaired) electrons. The average molecular weight is 1050 g/mol. The Labute approximate surface area is 503 Å². The highest BCUT2D eigenvalue weighted by atomic mass is 14.9. The van der Waals surface area contributed by atoms with E-state index in [-0.39, 0.29) is 28.7 Å². The van der Waals surface area contributed by atoms with Crippen LogP contribution >= 0.6 is 0 Å². The Kier molecular flexibility index (Phi) is 10.8. The second kappa shape index (κ2) is 26.5. The molecule has 4 heteroatoms. The van der Waals surface area contributed by atoms with E-state index in [4.69, 9.17) is 39.8 Å². The minimum absolute atomic E-state index is 0.0389. The van der Waals surface area contributed by atoms with Gasteiger partial charge in [0.15, 0.2) is 24.8 Å². The Balaban J connectivity index is 0.000000252. The number of hydrogen-bond acceptors (Lipinski definition) is 0. The van der Waals surface area contributed by atoms with Crippen molar-refractivity contribution in [1.29, 1.82) is 0 Å². The molecule has 4 heterocycles. The minimum Gasteiger partial charge on any atom is -0.201 e. The molecule has 8 aromatic rings. The van der Waals surface area contributed by atoms with E-state index in [2.05, 4.69) is 0 Å². The third-order valence-electron chi connectivity index (χ3n) is 13.2. The molecule has 0 aliphatic rings. The van der Waals surface area contributed by atoms with Crippen LogP contribution in [0.15, 0.2) is 122 Å². The summed E-state index contributed by atoms with van der Waals surface area (Å²) in [4.78, 5) is 0. The van der Waals surface area contributed by atoms with Gasteiger partial charge >= 0.3 is 0 Å². The van der Waals surface area contributed by atoms with Gasteiger partial charge in [0.05, 0.1) is 0 Å². The second-order valence-corrected chi connectivity index (χ2v) is 19.9. The number of aryl methyl sites for hydroxylation is 17. The van der Waals surface area contributed by atoms with Crippen LogP contribution in [0.1, 0.15) is 189 Å². The summed E-state index contributed by atoms with van der Waals surface area (Å²) in [5.41, 5.74) is 16.3. The fourth-order valence-corrected chi connectivity index (χ4v) is 9.73. The molecule has 0 N–H and O–H groups in total. The van der Waals surface area contributed by atoms with Crippen molar-refractivity contribution < 1.29 is 58.0 Å². The second-order valence-electron chi connectivity index (χ2n) is 19.9. The number of pyridine rings is 4. The predicted octanol–water partition coefficient (Wildman–Crippen LogP) is 16.4. The molecular weight excluding hydrogens is 921 g/mol. The number of aromatic nitrogens is 4. The smallest absolute Gasteiger partial charge is 0.201 e. The molecule has 0 amide bonds. The van der Waals surface area contributed by atoms with E-state index in [0.29, 0.717) is 27.8 Å². The van der Waals surface area contributed by atoms with Gasteiger partial charge in [0.1, 0.15) is 28.2 Å². The zero-order chi connectivity index (χ0) is 81.0. The van der Waals surface area contributed by atoms with Crippen molar-refractivity contribution in [3.8, 4) is 45.0 Å². The maximum Gasteiger partial charge on any atom is 0.215 e. The van der Waals surface area contributed by atoms with E-state index in [9.17, 15) is 0 Å². The van der Waals surface area contributed by atoms with E-state index < -0.39 is 78.9 Å². The van der Waals surface area contributed by atoms with Gasteiger partial charge in [0.2, 0.25) is 22.8 Å². The molecule has 400 valence electrons. The molecule has 0 saturated carbocycles. The van der Waals surface area contributed by atoms with Crippen LogP contribution in [0.4, 0.5) is 0 Å². The molecule has 0 fully saturated rings. The first kappa shape index (κ1) is 31.0. The summed E-state index contributed by atoms with van der Waals surface area (Å²) < 4.78 is 230. The maximum absolute atomic E-state index is 8.33. The molecule has 0 bridgehead atoms. The van der Waals surface area contributed by atoms with Crippen molar-refractivity contribution in [2.45, 2.75) is 156 Å². The van der Waals surface area contributed by atoms with Gasteiger partial charge < -0.3 is 0 Å². The normalized spacial score (nSPS) is 20.5. The largest absolute Gasteiger partial charge is 0.215 e. The third-order valence-corrected chi connectivity index (χ3v) is 13.2. The third kappa shape index (κ3) is 15.3. The number of nitrogens with zero attached hydrogens (tertiary/aromatic N) is 4. The van der Waals surface area contributed by atoms with Gasteiger partial charge in [0.25, 0.3) is 0 Å². The quantitative estimate of drug-likeness (QED) is 0.128. The maximum atomic E-state index is 8.33. The van der Waals surface area contributed by atoms with Crippen LogP contribution in [-0.4, -0.2) is 0 Å². The Morgan fingerprint density at radius 1 is 0.421 bits per heavy atom. The highest BCUT2D eigenvalue weighted by molar-refractivity contribution is 5.67. The molecule has 3 atom stereocenters. The van der Waals surface area contributed by atoms with E-state index in [0.717, 1.165) is 90.9 Å². The van der Waals surface area contributed by atoms with Crippen molar-refractivity contribution in [3.05, 3.63) is 211 Å². The fourth-order valence-electron chi connectivity index (χ4n) is 9.73. The van der Waals surface area contributed by atoms with Crippen molar-refractivity contribution in [2.24, 2.45) is 34.1 Å². The van der Waals surface area contributed by atoms with E-state index in [1.807, 2.05) is 77.4 Å². The van der Waals surface area contributed by atoms with E-state index >= 15 is 0 Å². The van der Waals surface area contributed by atoms with Crippen LogP contribution in [0.25, 0.3) is 45.0 Å².